The molecule has 0 bridgehead atoms. The molecule has 0 aromatic heterocycles. The van der Waals surface area contributed by atoms with Gasteiger partial charge in [0.25, 0.3) is 0 Å². The molecule has 2 aliphatic rings. The lowest BCUT2D eigenvalue weighted by Gasteiger charge is -2.34. The van der Waals surface area contributed by atoms with Crippen molar-refractivity contribution in [3.63, 3.8) is 0 Å². The first-order valence-corrected chi connectivity index (χ1v) is 10.4. The predicted molar refractivity (Wildman–Crippen MR) is 120 cm³/mol. The number of nitrogens with one attached hydrogen (secondary N) is 1. The lowest BCUT2D eigenvalue weighted by atomic mass is 9.93. The van der Waals surface area contributed by atoms with Gasteiger partial charge in [0.1, 0.15) is 0 Å². The van der Waals surface area contributed by atoms with Crippen LogP contribution < -0.4 is 10.2 Å². The summed E-state index contributed by atoms with van der Waals surface area (Å²) in [6.07, 6.45) is 3.90. The maximum Gasteiger partial charge on any atom is 0.226 e. The van der Waals surface area contributed by atoms with Crippen LogP contribution in [-0.2, 0) is 9.59 Å². The monoisotopic (exact) mass is 404 g/mol. The summed E-state index contributed by atoms with van der Waals surface area (Å²) >= 11 is 0. The van der Waals surface area contributed by atoms with Crippen LogP contribution in [0.3, 0.4) is 0 Å². The minimum absolute atomic E-state index is 0.0740. The summed E-state index contributed by atoms with van der Waals surface area (Å²) in [5.41, 5.74) is 3.99. The largest absolute Gasteiger partial charge is 0.369 e. The number of amides is 2. The van der Waals surface area contributed by atoms with Crippen LogP contribution in [-0.4, -0.2) is 54.8 Å². The van der Waals surface area contributed by atoms with Crippen LogP contribution in [0.4, 0.5) is 11.4 Å². The molecule has 30 heavy (non-hydrogen) atoms. The molecule has 2 aliphatic heterocycles. The molecule has 156 valence electrons. The van der Waals surface area contributed by atoms with E-state index in [1.54, 1.807) is 11.1 Å². The summed E-state index contributed by atoms with van der Waals surface area (Å²) in [4.78, 5) is 31.2. The van der Waals surface area contributed by atoms with E-state index in [2.05, 4.69) is 34.3 Å². The van der Waals surface area contributed by atoms with Crippen molar-refractivity contribution in [2.45, 2.75) is 19.4 Å². The van der Waals surface area contributed by atoms with Crippen molar-refractivity contribution < 1.29 is 9.59 Å². The predicted octanol–water partition coefficient (Wildman–Crippen LogP) is 3.34. The van der Waals surface area contributed by atoms with Crippen molar-refractivity contribution in [2.75, 3.05) is 43.4 Å². The molecular formula is C24H28N4O2. The number of likely N-dealkylation sites (N-methyl/N-ethyl adjacent to an activating group) is 1. The van der Waals surface area contributed by atoms with Gasteiger partial charge < -0.3 is 20.0 Å². The molecular weight excluding hydrogens is 376 g/mol. The maximum absolute atomic E-state index is 12.8. The van der Waals surface area contributed by atoms with Crippen molar-refractivity contribution in [1.29, 1.82) is 0 Å². The molecule has 1 N–H and O–H groups in total. The van der Waals surface area contributed by atoms with E-state index in [9.17, 15) is 9.59 Å². The first-order chi connectivity index (χ1) is 14.5. The average Bonchev–Trinajstić information content (AvgIpc) is 2.75. The molecule has 0 unspecified atom stereocenters. The molecule has 4 rings (SSSR count). The molecule has 0 spiro atoms. The Morgan fingerprint density at radius 2 is 1.70 bits per heavy atom. The van der Waals surface area contributed by atoms with Crippen LogP contribution in [0.15, 0.2) is 54.7 Å². The van der Waals surface area contributed by atoms with Gasteiger partial charge in [-0.15, -0.1) is 0 Å². The van der Waals surface area contributed by atoms with Crippen molar-refractivity contribution in [2.24, 2.45) is 0 Å². The third-order valence-corrected chi connectivity index (χ3v) is 5.87. The minimum Gasteiger partial charge on any atom is -0.369 e. The Labute approximate surface area is 177 Å². The third kappa shape index (κ3) is 4.39. The molecule has 2 aromatic carbocycles. The topological polar surface area (TPSA) is 55.9 Å². The van der Waals surface area contributed by atoms with Crippen molar-refractivity contribution >= 4 is 29.3 Å². The molecule has 6 heteroatoms. The molecule has 2 amide bonds. The SMILES string of the molecule is CC(=O)N1C=Cc2ccccc2[C@H]1CC(=O)Nc1ccc(N2CCN(C)CC2)cc1. The number of benzene rings is 2. The van der Waals surface area contributed by atoms with Gasteiger partial charge in [0.05, 0.1) is 12.5 Å². The van der Waals surface area contributed by atoms with Gasteiger partial charge in [0.15, 0.2) is 0 Å². The second-order valence-corrected chi connectivity index (χ2v) is 7.98. The summed E-state index contributed by atoms with van der Waals surface area (Å²) in [5.74, 6) is -0.182. The number of rotatable bonds is 4. The Kier molecular flexibility index (Phi) is 5.86. The van der Waals surface area contributed by atoms with Crippen LogP contribution in [0, 0.1) is 0 Å². The molecule has 2 heterocycles. The lowest BCUT2D eigenvalue weighted by molar-refractivity contribution is -0.129. The molecule has 0 aliphatic carbocycles. The second-order valence-electron chi connectivity index (χ2n) is 7.98. The van der Waals surface area contributed by atoms with Crippen molar-refractivity contribution in [1.82, 2.24) is 9.80 Å². The highest BCUT2D eigenvalue weighted by molar-refractivity contribution is 5.92. The van der Waals surface area contributed by atoms with Gasteiger partial charge in [-0.2, -0.15) is 0 Å². The maximum atomic E-state index is 12.8. The Morgan fingerprint density at radius 1 is 1.00 bits per heavy atom. The summed E-state index contributed by atoms with van der Waals surface area (Å²) in [5, 5.41) is 2.99. The number of hydrogen-bond acceptors (Lipinski definition) is 4. The van der Waals surface area contributed by atoms with Crippen LogP contribution >= 0.6 is 0 Å². The number of carbonyl (C=O) groups is 2. The fourth-order valence-corrected chi connectivity index (χ4v) is 4.12. The lowest BCUT2D eigenvalue weighted by Crippen LogP contribution is -2.44. The summed E-state index contributed by atoms with van der Waals surface area (Å²) in [7, 11) is 2.14. The van der Waals surface area contributed by atoms with Gasteiger partial charge in [-0.25, -0.2) is 0 Å². The van der Waals surface area contributed by atoms with E-state index < -0.39 is 0 Å². The first-order valence-electron chi connectivity index (χ1n) is 10.4. The van der Waals surface area contributed by atoms with Gasteiger partial charge in [0.2, 0.25) is 11.8 Å². The van der Waals surface area contributed by atoms with Gasteiger partial charge in [-0.3, -0.25) is 9.59 Å². The molecule has 1 saturated heterocycles. The van der Waals surface area contributed by atoms with E-state index in [4.69, 9.17) is 0 Å². The van der Waals surface area contributed by atoms with E-state index in [-0.39, 0.29) is 24.3 Å². The molecule has 0 radical (unpaired) electrons. The first kappa shape index (κ1) is 20.2. The third-order valence-electron chi connectivity index (χ3n) is 5.87. The Bertz CT molecular complexity index is 946. The Balaban J connectivity index is 1.42. The molecule has 0 saturated carbocycles. The van der Waals surface area contributed by atoms with Gasteiger partial charge in [-0.05, 0) is 48.5 Å². The van der Waals surface area contributed by atoms with Gasteiger partial charge >= 0.3 is 0 Å². The molecule has 1 atom stereocenters. The van der Waals surface area contributed by atoms with E-state index in [1.165, 1.54) is 12.6 Å². The van der Waals surface area contributed by atoms with Gasteiger partial charge in [-0.1, -0.05) is 24.3 Å². The number of piperazine rings is 1. The highest BCUT2D eigenvalue weighted by Gasteiger charge is 2.28. The second kappa shape index (κ2) is 8.71. The average molecular weight is 405 g/mol. The normalized spacial score (nSPS) is 18.8. The van der Waals surface area contributed by atoms with E-state index in [0.29, 0.717) is 0 Å². The molecule has 2 aromatic rings. The standard InChI is InChI=1S/C24H28N4O2/c1-18(29)28-12-11-19-5-3-4-6-22(19)23(28)17-24(30)25-20-7-9-21(10-8-20)27-15-13-26(2)14-16-27/h3-12,23H,13-17H2,1-2H3,(H,25,30)/t23-/m1/s1. The van der Waals surface area contributed by atoms with E-state index >= 15 is 0 Å². The smallest absolute Gasteiger partial charge is 0.226 e. The van der Waals surface area contributed by atoms with Crippen LogP contribution in [0.25, 0.3) is 6.08 Å². The van der Waals surface area contributed by atoms with Crippen LogP contribution in [0.1, 0.15) is 30.5 Å². The van der Waals surface area contributed by atoms with Gasteiger partial charge in [0, 0.05) is 50.7 Å². The number of anilines is 2. The van der Waals surface area contributed by atoms with Crippen LogP contribution in [0.2, 0.25) is 0 Å². The number of nitrogens with zero attached hydrogens (tertiary/aromatic N) is 3. The zero-order valence-corrected chi connectivity index (χ0v) is 17.5. The highest BCUT2D eigenvalue weighted by Crippen LogP contribution is 2.33. The Hall–Kier alpha value is -3.12. The number of hydrogen-bond donors (Lipinski definition) is 1. The summed E-state index contributed by atoms with van der Waals surface area (Å²) in [6, 6.07) is 15.6. The highest BCUT2D eigenvalue weighted by atomic mass is 16.2. The van der Waals surface area contributed by atoms with Crippen molar-refractivity contribution in [3.05, 3.63) is 65.9 Å². The summed E-state index contributed by atoms with van der Waals surface area (Å²) in [6.45, 7) is 5.67. The van der Waals surface area contributed by atoms with Crippen molar-refractivity contribution in [3.8, 4) is 0 Å². The fourth-order valence-electron chi connectivity index (χ4n) is 4.12. The minimum atomic E-state index is -0.298. The Morgan fingerprint density at radius 3 is 2.40 bits per heavy atom. The fraction of sp³-hybridized carbons (Fsp3) is 0.333. The quantitative estimate of drug-likeness (QED) is 0.849. The summed E-state index contributed by atoms with van der Waals surface area (Å²) < 4.78 is 0. The van der Waals surface area contributed by atoms with Crippen LogP contribution in [0.5, 0.6) is 0 Å². The number of fused-ring (bicyclic) bond motifs is 1. The number of carbonyl (C=O) groups excluding carboxylic acids is 2. The zero-order chi connectivity index (χ0) is 21.1. The van der Waals surface area contributed by atoms with E-state index in [1.807, 2.05) is 42.5 Å². The zero-order valence-electron chi connectivity index (χ0n) is 17.5. The van der Waals surface area contributed by atoms with E-state index in [0.717, 1.165) is 43.0 Å². The molecule has 6 nitrogen and oxygen atoms in total. The molecule has 1 fully saturated rings.